The molecule has 0 spiro atoms. The van der Waals surface area contributed by atoms with Crippen molar-refractivity contribution in [3.05, 3.63) is 22.8 Å². The van der Waals surface area contributed by atoms with Gasteiger partial charge in [0, 0.05) is 57.1 Å². The Balaban J connectivity index is 1.33. The molecule has 1 aliphatic carbocycles. The van der Waals surface area contributed by atoms with Gasteiger partial charge in [0.2, 0.25) is 5.13 Å². The van der Waals surface area contributed by atoms with Crippen molar-refractivity contribution in [2.75, 3.05) is 38.2 Å². The normalized spacial score (nSPS) is 18.8. The molecule has 3 heterocycles. The summed E-state index contributed by atoms with van der Waals surface area (Å²) in [5, 5.41) is 8.84. The fourth-order valence-electron chi connectivity index (χ4n) is 3.55. The van der Waals surface area contributed by atoms with E-state index < -0.39 is 0 Å². The topological polar surface area (TPSA) is 70.2 Å². The van der Waals surface area contributed by atoms with Gasteiger partial charge in [-0.3, -0.25) is 10.00 Å². The smallest absolute Gasteiger partial charge is 0.205 e. The SMILES string of the molecule is COCc1nsc(N2CCN(Cc3n[nH]c4c3CCCC4)CC2)n1. The first kappa shape index (κ1) is 16.0. The Morgan fingerprint density at radius 2 is 2.00 bits per heavy atom. The Morgan fingerprint density at radius 3 is 2.83 bits per heavy atom. The largest absolute Gasteiger partial charge is 0.377 e. The van der Waals surface area contributed by atoms with Gasteiger partial charge in [-0.2, -0.15) is 9.47 Å². The van der Waals surface area contributed by atoms with Crippen molar-refractivity contribution in [2.45, 2.75) is 38.8 Å². The molecule has 4 rings (SSSR count). The molecular weight excluding hydrogens is 324 g/mol. The monoisotopic (exact) mass is 348 g/mol. The number of hydrogen-bond donors (Lipinski definition) is 1. The molecule has 0 radical (unpaired) electrons. The highest BCUT2D eigenvalue weighted by molar-refractivity contribution is 7.09. The molecule has 0 bridgehead atoms. The van der Waals surface area contributed by atoms with Gasteiger partial charge in [0.15, 0.2) is 5.82 Å². The number of aromatic nitrogens is 4. The summed E-state index contributed by atoms with van der Waals surface area (Å²) in [6.07, 6.45) is 4.94. The average Bonchev–Trinajstić information content (AvgIpc) is 3.24. The lowest BCUT2D eigenvalue weighted by molar-refractivity contribution is 0.179. The van der Waals surface area contributed by atoms with Gasteiger partial charge < -0.3 is 9.64 Å². The highest BCUT2D eigenvalue weighted by Crippen LogP contribution is 2.24. The van der Waals surface area contributed by atoms with Crippen molar-refractivity contribution in [3.63, 3.8) is 0 Å². The number of rotatable bonds is 5. The van der Waals surface area contributed by atoms with Crippen LogP contribution in [0.5, 0.6) is 0 Å². The Labute approximate surface area is 146 Å². The Kier molecular flexibility index (Phi) is 4.77. The van der Waals surface area contributed by atoms with E-state index in [9.17, 15) is 0 Å². The number of ether oxygens (including phenoxy) is 1. The molecule has 0 aromatic carbocycles. The van der Waals surface area contributed by atoms with Crippen molar-refractivity contribution in [1.29, 1.82) is 0 Å². The van der Waals surface area contributed by atoms with Crippen molar-refractivity contribution in [3.8, 4) is 0 Å². The fourth-order valence-corrected chi connectivity index (χ4v) is 4.28. The van der Waals surface area contributed by atoms with Crippen LogP contribution in [0.1, 0.15) is 35.6 Å². The molecule has 1 N–H and O–H groups in total. The molecule has 1 fully saturated rings. The maximum Gasteiger partial charge on any atom is 0.205 e. The molecule has 7 nitrogen and oxygen atoms in total. The zero-order valence-corrected chi connectivity index (χ0v) is 14.9. The van der Waals surface area contributed by atoms with Crippen molar-refractivity contribution >= 4 is 16.7 Å². The second-order valence-electron chi connectivity index (χ2n) is 6.52. The number of aryl methyl sites for hydroxylation is 1. The van der Waals surface area contributed by atoms with E-state index in [1.54, 1.807) is 7.11 Å². The van der Waals surface area contributed by atoms with Crippen LogP contribution >= 0.6 is 11.5 Å². The predicted molar refractivity (Wildman–Crippen MR) is 93.3 cm³/mol. The Hall–Kier alpha value is -1.51. The van der Waals surface area contributed by atoms with Crippen LogP contribution in [0.4, 0.5) is 5.13 Å². The van der Waals surface area contributed by atoms with Crippen LogP contribution in [-0.4, -0.2) is 57.7 Å². The van der Waals surface area contributed by atoms with Crippen molar-refractivity contribution in [1.82, 2.24) is 24.5 Å². The Morgan fingerprint density at radius 1 is 1.17 bits per heavy atom. The standard InChI is InChI=1S/C16H24N6OS/c1-23-11-15-17-16(24-20-15)22-8-6-21(7-9-22)10-14-12-4-2-3-5-13(12)18-19-14/h2-11H2,1H3,(H,18,19). The third-order valence-corrected chi connectivity index (χ3v) is 5.70. The lowest BCUT2D eigenvalue weighted by atomic mass is 9.96. The lowest BCUT2D eigenvalue weighted by Gasteiger charge is -2.34. The van der Waals surface area contributed by atoms with E-state index in [-0.39, 0.29) is 0 Å². The predicted octanol–water partition coefficient (Wildman–Crippen LogP) is 1.61. The number of aromatic amines is 1. The molecule has 1 saturated heterocycles. The van der Waals surface area contributed by atoms with E-state index >= 15 is 0 Å². The molecule has 130 valence electrons. The molecule has 0 amide bonds. The molecule has 2 aromatic rings. The third kappa shape index (κ3) is 3.31. The minimum absolute atomic E-state index is 0.487. The molecule has 2 aromatic heterocycles. The Bertz CT molecular complexity index is 676. The van der Waals surface area contributed by atoms with E-state index in [1.807, 2.05) is 0 Å². The third-order valence-electron chi connectivity index (χ3n) is 4.89. The van der Waals surface area contributed by atoms with Crippen LogP contribution in [0.25, 0.3) is 0 Å². The number of fused-ring (bicyclic) bond motifs is 1. The summed E-state index contributed by atoms with van der Waals surface area (Å²) in [6, 6.07) is 0. The van der Waals surface area contributed by atoms with Crippen LogP contribution in [0.2, 0.25) is 0 Å². The first-order valence-electron chi connectivity index (χ1n) is 8.67. The van der Waals surface area contributed by atoms with Gasteiger partial charge in [-0.25, -0.2) is 4.98 Å². The number of anilines is 1. The minimum Gasteiger partial charge on any atom is -0.377 e. The van der Waals surface area contributed by atoms with Crippen LogP contribution in [0, 0.1) is 0 Å². The number of methoxy groups -OCH3 is 1. The molecule has 1 aliphatic heterocycles. The summed E-state index contributed by atoms with van der Waals surface area (Å²) < 4.78 is 9.44. The second kappa shape index (κ2) is 7.16. The number of piperazine rings is 1. The first-order chi connectivity index (χ1) is 11.8. The maximum atomic E-state index is 5.09. The summed E-state index contributed by atoms with van der Waals surface area (Å²) in [6.45, 7) is 5.52. The average molecular weight is 348 g/mol. The van der Waals surface area contributed by atoms with E-state index in [2.05, 4.69) is 29.4 Å². The maximum absolute atomic E-state index is 5.09. The first-order valence-corrected chi connectivity index (χ1v) is 9.44. The zero-order valence-electron chi connectivity index (χ0n) is 14.1. The van der Waals surface area contributed by atoms with Crippen LogP contribution in [-0.2, 0) is 30.7 Å². The van der Waals surface area contributed by atoms with Gasteiger partial charge >= 0.3 is 0 Å². The van der Waals surface area contributed by atoms with Gasteiger partial charge in [-0.15, -0.1) is 0 Å². The van der Waals surface area contributed by atoms with Gasteiger partial charge in [-0.05, 0) is 31.2 Å². The van der Waals surface area contributed by atoms with Gasteiger partial charge in [0.25, 0.3) is 0 Å². The highest BCUT2D eigenvalue weighted by Gasteiger charge is 2.23. The van der Waals surface area contributed by atoms with Gasteiger partial charge in [-0.1, -0.05) is 0 Å². The number of nitrogens with zero attached hydrogens (tertiary/aromatic N) is 5. The number of hydrogen-bond acceptors (Lipinski definition) is 7. The van der Waals surface area contributed by atoms with Gasteiger partial charge in [0.05, 0.1) is 5.69 Å². The quantitative estimate of drug-likeness (QED) is 0.885. The number of nitrogens with one attached hydrogen (secondary N) is 1. The van der Waals surface area contributed by atoms with Crippen molar-refractivity contribution < 1.29 is 4.74 Å². The molecule has 2 aliphatic rings. The minimum atomic E-state index is 0.487. The summed E-state index contributed by atoms with van der Waals surface area (Å²) in [4.78, 5) is 9.38. The van der Waals surface area contributed by atoms with E-state index in [0.717, 1.165) is 50.1 Å². The summed E-state index contributed by atoms with van der Waals surface area (Å²) in [5.74, 6) is 0.781. The molecule has 0 atom stereocenters. The van der Waals surface area contributed by atoms with Crippen LogP contribution in [0.15, 0.2) is 0 Å². The molecule has 24 heavy (non-hydrogen) atoms. The lowest BCUT2D eigenvalue weighted by Crippen LogP contribution is -2.46. The van der Waals surface area contributed by atoms with Crippen LogP contribution < -0.4 is 4.90 Å². The molecule has 0 unspecified atom stereocenters. The fraction of sp³-hybridized carbons (Fsp3) is 0.688. The highest BCUT2D eigenvalue weighted by atomic mass is 32.1. The van der Waals surface area contributed by atoms with E-state index in [4.69, 9.17) is 4.74 Å². The van der Waals surface area contributed by atoms with Gasteiger partial charge in [0.1, 0.15) is 6.61 Å². The molecular formula is C16H24N6OS. The summed E-state index contributed by atoms with van der Waals surface area (Å²) >= 11 is 1.47. The van der Waals surface area contributed by atoms with Crippen molar-refractivity contribution in [2.24, 2.45) is 0 Å². The zero-order chi connectivity index (χ0) is 16.4. The van der Waals surface area contributed by atoms with E-state index in [1.165, 1.54) is 47.7 Å². The second-order valence-corrected chi connectivity index (χ2v) is 7.25. The summed E-state index contributed by atoms with van der Waals surface area (Å²) in [5.41, 5.74) is 4.11. The van der Waals surface area contributed by atoms with E-state index in [0.29, 0.717) is 6.61 Å². The molecule has 8 heteroatoms. The molecule has 0 saturated carbocycles. The number of H-pyrrole nitrogens is 1. The van der Waals surface area contributed by atoms with Crippen LogP contribution in [0.3, 0.4) is 0 Å². The summed E-state index contributed by atoms with van der Waals surface area (Å²) in [7, 11) is 1.67.